The summed E-state index contributed by atoms with van der Waals surface area (Å²) in [6, 6.07) is 8.25. The lowest BCUT2D eigenvalue weighted by atomic mass is 9.87. The molecule has 1 aromatic carbocycles. The van der Waals surface area contributed by atoms with E-state index in [0.29, 0.717) is 13.1 Å². The maximum absolute atomic E-state index is 11.6. The van der Waals surface area contributed by atoms with Gasteiger partial charge in [0.1, 0.15) is 0 Å². The number of likely N-dealkylation sites (N-methyl/N-ethyl adjacent to an activating group) is 1. The summed E-state index contributed by atoms with van der Waals surface area (Å²) in [6.45, 7) is 8.40. The van der Waals surface area contributed by atoms with Gasteiger partial charge in [-0.2, -0.15) is 0 Å². The van der Waals surface area contributed by atoms with E-state index in [1.165, 1.54) is 5.56 Å². The Kier molecular flexibility index (Phi) is 6.02. The van der Waals surface area contributed by atoms with E-state index in [1.807, 2.05) is 31.1 Å². The molecular formula is C16H27N3O. The van der Waals surface area contributed by atoms with E-state index in [2.05, 4.69) is 43.5 Å². The maximum Gasteiger partial charge on any atom is 0.239 e. The number of carbonyl (C=O) groups is 1. The van der Waals surface area contributed by atoms with Crippen LogP contribution in [0.25, 0.3) is 0 Å². The Bertz CT molecular complexity index is 418. The number of carbonyl (C=O) groups excluding carboxylic acids is 1. The highest BCUT2D eigenvalue weighted by Crippen LogP contribution is 2.23. The van der Waals surface area contributed by atoms with Gasteiger partial charge < -0.3 is 15.5 Å². The minimum Gasteiger partial charge on any atom is -0.376 e. The highest BCUT2D eigenvalue weighted by Gasteiger charge is 2.12. The first-order chi connectivity index (χ1) is 9.29. The second-order valence-electron chi connectivity index (χ2n) is 6.33. The molecule has 4 heteroatoms. The van der Waals surface area contributed by atoms with Gasteiger partial charge in [-0.25, -0.2) is 0 Å². The Hall–Kier alpha value is -1.55. The molecular weight excluding hydrogens is 250 g/mol. The fourth-order valence-electron chi connectivity index (χ4n) is 1.75. The molecule has 0 bridgehead atoms. The minimum absolute atomic E-state index is 0.0201. The third-order valence-electron chi connectivity index (χ3n) is 3.09. The van der Waals surface area contributed by atoms with E-state index in [4.69, 9.17) is 0 Å². The monoisotopic (exact) mass is 277 g/mol. The highest BCUT2D eigenvalue weighted by atomic mass is 16.1. The van der Waals surface area contributed by atoms with Gasteiger partial charge in [-0.1, -0.05) is 32.9 Å². The van der Waals surface area contributed by atoms with E-state index in [1.54, 1.807) is 0 Å². The van der Waals surface area contributed by atoms with Crippen LogP contribution in [0.1, 0.15) is 26.3 Å². The van der Waals surface area contributed by atoms with Crippen LogP contribution >= 0.6 is 0 Å². The lowest BCUT2D eigenvalue weighted by molar-refractivity contribution is -0.119. The van der Waals surface area contributed by atoms with Crippen LogP contribution in [0.2, 0.25) is 0 Å². The molecule has 0 aliphatic carbocycles. The highest BCUT2D eigenvalue weighted by molar-refractivity contribution is 5.80. The third kappa shape index (κ3) is 6.06. The average Bonchev–Trinajstić information content (AvgIpc) is 2.35. The number of amides is 1. The van der Waals surface area contributed by atoms with Crippen LogP contribution in [0, 0.1) is 0 Å². The van der Waals surface area contributed by atoms with Crippen molar-refractivity contribution in [3.8, 4) is 0 Å². The smallest absolute Gasteiger partial charge is 0.239 e. The molecule has 2 N–H and O–H groups in total. The van der Waals surface area contributed by atoms with E-state index in [9.17, 15) is 4.79 Å². The summed E-state index contributed by atoms with van der Waals surface area (Å²) in [4.78, 5) is 13.7. The van der Waals surface area contributed by atoms with Crippen molar-refractivity contribution < 1.29 is 4.79 Å². The topological polar surface area (TPSA) is 44.4 Å². The predicted molar refractivity (Wildman–Crippen MR) is 85.2 cm³/mol. The lowest BCUT2D eigenvalue weighted by Crippen LogP contribution is -2.35. The largest absolute Gasteiger partial charge is 0.376 e. The number of rotatable bonds is 6. The molecule has 0 saturated carbocycles. The van der Waals surface area contributed by atoms with Gasteiger partial charge in [0.15, 0.2) is 0 Å². The number of hydrogen-bond acceptors (Lipinski definition) is 3. The Morgan fingerprint density at radius 3 is 2.25 bits per heavy atom. The first kappa shape index (κ1) is 16.5. The normalized spacial score (nSPS) is 11.5. The van der Waals surface area contributed by atoms with Gasteiger partial charge in [0.25, 0.3) is 0 Å². The summed E-state index contributed by atoms with van der Waals surface area (Å²) in [5.41, 5.74) is 2.42. The molecule has 20 heavy (non-hydrogen) atoms. The Morgan fingerprint density at radius 1 is 1.15 bits per heavy atom. The van der Waals surface area contributed by atoms with Gasteiger partial charge in [-0.15, -0.1) is 0 Å². The van der Waals surface area contributed by atoms with Crippen molar-refractivity contribution in [1.82, 2.24) is 10.2 Å². The minimum atomic E-state index is 0.0201. The molecule has 1 amide bonds. The molecule has 0 radical (unpaired) electrons. The fourth-order valence-corrected chi connectivity index (χ4v) is 1.75. The summed E-state index contributed by atoms with van der Waals surface area (Å²) >= 11 is 0. The molecule has 4 nitrogen and oxygen atoms in total. The Labute approximate surface area is 122 Å². The van der Waals surface area contributed by atoms with Crippen molar-refractivity contribution in [3.05, 3.63) is 29.8 Å². The van der Waals surface area contributed by atoms with Crippen molar-refractivity contribution in [2.75, 3.05) is 39.0 Å². The maximum atomic E-state index is 11.6. The molecule has 0 aliphatic rings. The van der Waals surface area contributed by atoms with Crippen LogP contribution in [-0.4, -0.2) is 44.5 Å². The molecule has 0 unspecified atom stereocenters. The van der Waals surface area contributed by atoms with Crippen molar-refractivity contribution in [2.45, 2.75) is 26.2 Å². The quantitative estimate of drug-likeness (QED) is 0.836. The number of nitrogens with one attached hydrogen (secondary N) is 2. The predicted octanol–water partition coefficient (Wildman–Crippen LogP) is 2.07. The standard InChI is InChI=1S/C16H27N3O/c1-16(2,3)13-6-8-14(9-7-13)18-12-15(20)17-10-11-19(4)5/h6-9,18H,10-12H2,1-5H3,(H,17,20). The number of hydrogen-bond donors (Lipinski definition) is 2. The molecule has 0 fully saturated rings. The van der Waals surface area contributed by atoms with Gasteiger partial charge in [0.2, 0.25) is 5.91 Å². The fraction of sp³-hybridized carbons (Fsp3) is 0.562. The second kappa shape index (κ2) is 7.29. The Morgan fingerprint density at radius 2 is 1.75 bits per heavy atom. The van der Waals surface area contributed by atoms with Crippen LogP contribution in [0.15, 0.2) is 24.3 Å². The summed E-state index contributed by atoms with van der Waals surface area (Å²) in [6.07, 6.45) is 0. The van der Waals surface area contributed by atoms with E-state index < -0.39 is 0 Å². The van der Waals surface area contributed by atoms with Gasteiger partial charge in [-0.3, -0.25) is 4.79 Å². The first-order valence-electron chi connectivity index (χ1n) is 7.05. The van der Waals surface area contributed by atoms with Gasteiger partial charge in [0.05, 0.1) is 6.54 Å². The zero-order valence-corrected chi connectivity index (χ0v) is 13.3. The van der Waals surface area contributed by atoms with Crippen LogP contribution in [0.3, 0.4) is 0 Å². The summed E-state index contributed by atoms with van der Waals surface area (Å²) in [5, 5.41) is 6.01. The number of anilines is 1. The van der Waals surface area contributed by atoms with Gasteiger partial charge in [0, 0.05) is 18.8 Å². The van der Waals surface area contributed by atoms with Crippen molar-refractivity contribution >= 4 is 11.6 Å². The summed E-state index contributed by atoms with van der Waals surface area (Å²) < 4.78 is 0. The van der Waals surface area contributed by atoms with E-state index >= 15 is 0 Å². The molecule has 0 saturated heterocycles. The van der Waals surface area contributed by atoms with Gasteiger partial charge in [-0.05, 0) is 37.2 Å². The molecule has 1 aromatic rings. The molecule has 0 heterocycles. The molecule has 112 valence electrons. The molecule has 0 atom stereocenters. The molecule has 0 aliphatic heterocycles. The van der Waals surface area contributed by atoms with Crippen molar-refractivity contribution in [2.24, 2.45) is 0 Å². The van der Waals surface area contributed by atoms with Crippen molar-refractivity contribution in [3.63, 3.8) is 0 Å². The molecule has 1 rings (SSSR count). The molecule has 0 spiro atoms. The number of nitrogens with zero attached hydrogens (tertiary/aromatic N) is 1. The zero-order valence-electron chi connectivity index (χ0n) is 13.3. The van der Waals surface area contributed by atoms with Crippen LogP contribution in [-0.2, 0) is 10.2 Å². The van der Waals surface area contributed by atoms with Crippen LogP contribution < -0.4 is 10.6 Å². The Balaban J connectivity index is 2.37. The van der Waals surface area contributed by atoms with Gasteiger partial charge >= 0.3 is 0 Å². The second-order valence-corrected chi connectivity index (χ2v) is 6.33. The van der Waals surface area contributed by atoms with Crippen molar-refractivity contribution in [1.29, 1.82) is 0 Å². The van der Waals surface area contributed by atoms with Crippen LogP contribution in [0.5, 0.6) is 0 Å². The lowest BCUT2D eigenvalue weighted by Gasteiger charge is -2.19. The first-order valence-corrected chi connectivity index (χ1v) is 7.05. The average molecular weight is 277 g/mol. The molecule has 0 aromatic heterocycles. The third-order valence-corrected chi connectivity index (χ3v) is 3.09. The summed E-state index contributed by atoms with van der Waals surface area (Å²) in [7, 11) is 3.97. The zero-order chi connectivity index (χ0) is 15.2. The van der Waals surface area contributed by atoms with Crippen LogP contribution in [0.4, 0.5) is 5.69 Å². The summed E-state index contributed by atoms with van der Waals surface area (Å²) in [5.74, 6) is 0.0201. The van der Waals surface area contributed by atoms with E-state index in [-0.39, 0.29) is 11.3 Å². The SMILES string of the molecule is CN(C)CCNC(=O)CNc1ccc(C(C)(C)C)cc1. The van der Waals surface area contributed by atoms with E-state index in [0.717, 1.165) is 12.2 Å². The number of benzene rings is 1.